The van der Waals surface area contributed by atoms with E-state index in [1.165, 1.54) is 6.07 Å². The molecule has 2 aromatic heterocycles. The highest BCUT2D eigenvalue weighted by atomic mass is 32.1. The molecule has 3 rings (SSSR count). The monoisotopic (exact) mass is 261 g/mol. The van der Waals surface area contributed by atoms with Gasteiger partial charge in [0, 0.05) is 9.58 Å². The maximum Gasteiger partial charge on any atom is 0.126 e. The molecule has 1 aromatic carbocycles. The van der Waals surface area contributed by atoms with Gasteiger partial charge in [-0.15, -0.1) is 11.3 Å². The lowest BCUT2D eigenvalue weighted by atomic mass is 10.1. The second-order valence-electron chi connectivity index (χ2n) is 4.07. The van der Waals surface area contributed by atoms with Gasteiger partial charge in [0.1, 0.15) is 17.6 Å². The first-order valence-corrected chi connectivity index (χ1v) is 6.49. The van der Waals surface area contributed by atoms with Gasteiger partial charge in [0.2, 0.25) is 0 Å². The highest BCUT2D eigenvalue weighted by Crippen LogP contribution is 2.33. The van der Waals surface area contributed by atoms with E-state index in [9.17, 15) is 4.39 Å². The molecule has 0 radical (unpaired) electrons. The van der Waals surface area contributed by atoms with Crippen molar-refractivity contribution in [3.05, 3.63) is 59.1 Å². The van der Waals surface area contributed by atoms with E-state index in [0.717, 1.165) is 20.7 Å². The SMILES string of the molecule is CNC(c1ccco1)c1cc2ccc(F)cc2s1. The molecule has 4 heteroatoms. The van der Waals surface area contributed by atoms with Gasteiger partial charge in [-0.2, -0.15) is 0 Å². The van der Waals surface area contributed by atoms with Gasteiger partial charge in [0.25, 0.3) is 0 Å². The summed E-state index contributed by atoms with van der Waals surface area (Å²) in [5.41, 5.74) is 0. The molecule has 0 bridgehead atoms. The Morgan fingerprint density at radius 3 is 2.89 bits per heavy atom. The van der Waals surface area contributed by atoms with Crippen LogP contribution in [-0.2, 0) is 0 Å². The Kier molecular flexibility index (Phi) is 2.89. The Labute approximate surface area is 108 Å². The fraction of sp³-hybridized carbons (Fsp3) is 0.143. The van der Waals surface area contributed by atoms with Crippen molar-refractivity contribution in [3.8, 4) is 0 Å². The largest absolute Gasteiger partial charge is 0.467 e. The van der Waals surface area contributed by atoms with Gasteiger partial charge >= 0.3 is 0 Å². The normalized spacial score (nSPS) is 13.0. The number of nitrogens with one attached hydrogen (secondary N) is 1. The highest BCUT2D eigenvalue weighted by molar-refractivity contribution is 7.19. The number of halogens is 1. The van der Waals surface area contributed by atoms with E-state index in [1.54, 1.807) is 29.7 Å². The highest BCUT2D eigenvalue weighted by Gasteiger charge is 2.17. The molecule has 0 saturated heterocycles. The molecular weight excluding hydrogens is 249 g/mol. The molecule has 2 nitrogen and oxygen atoms in total. The van der Waals surface area contributed by atoms with E-state index in [-0.39, 0.29) is 11.9 Å². The summed E-state index contributed by atoms with van der Waals surface area (Å²) in [7, 11) is 1.89. The van der Waals surface area contributed by atoms with E-state index in [0.29, 0.717) is 0 Å². The zero-order chi connectivity index (χ0) is 12.5. The minimum absolute atomic E-state index is 0.0143. The average molecular weight is 261 g/mol. The van der Waals surface area contributed by atoms with Crippen LogP contribution >= 0.6 is 11.3 Å². The summed E-state index contributed by atoms with van der Waals surface area (Å²) in [4.78, 5) is 1.12. The molecule has 0 fully saturated rings. The summed E-state index contributed by atoms with van der Waals surface area (Å²) in [5.74, 6) is 0.666. The quantitative estimate of drug-likeness (QED) is 0.772. The van der Waals surface area contributed by atoms with Crippen LogP contribution in [-0.4, -0.2) is 7.05 Å². The molecule has 0 aliphatic carbocycles. The summed E-state index contributed by atoms with van der Waals surface area (Å²) < 4.78 is 19.6. The van der Waals surface area contributed by atoms with Crippen molar-refractivity contribution in [1.82, 2.24) is 5.32 Å². The van der Waals surface area contributed by atoms with Crippen LogP contribution in [0.1, 0.15) is 16.7 Å². The average Bonchev–Trinajstić information content (AvgIpc) is 2.98. The zero-order valence-corrected chi connectivity index (χ0v) is 10.6. The number of thiophene rings is 1. The van der Waals surface area contributed by atoms with E-state index < -0.39 is 0 Å². The van der Waals surface area contributed by atoms with Crippen LogP contribution in [0.15, 0.2) is 47.1 Å². The van der Waals surface area contributed by atoms with Gasteiger partial charge in [0.05, 0.1) is 6.26 Å². The molecule has 18 heavy (non-hydrogen) atoms. The third kappa shape index (κ3) is 1.94. The maximum atomic E-state index is 13.2. The van der Waals surface area contributed by atoms with Crippen molar-refractivity contribution in [2.75, 3.05) is 7.05 Å². The fourth-order valence-electron chi connectivity index (χ4n) is 2.05. The first-order valence-electron chi connectivity index (χ1n) is 5.67. The maximum absolute atomic E-state index is 13.2. The lowest BCUT2D eigenvalue weighted by molar-refractivity contribution is 0.466. The van der Waals surface area contributed by atoms with Gasteiger partial charge in [-0.05, 0) is 42.8 Å². The van der Waals surface area contributed by atoms with E-state index in [4.69, 9.17) is 4.42 Å². The number of hydrogen-bond acceptors (Lipinski definition) is 3. The molecule has 0 aliphatic rings. The van der Waals surface area contributed by atoms with Crippen LogP contribution in [0.25, 0.3) is 10.1 Å². The number of fused-ring (bicyclic) bond motifs is 1. The number of rotatable bonds is 3. The second kappa shape index (κ2) is 4.55. The minimum atomic E-state index is -0.199. The van der Waals surface area contributed by atoms with Crippen molar-refractivity contribution in [1.29, 1.82) is 0 Å². The molecule has 0 amide bonds. The van der Waals surface area contributed by atoms with Crippen molar-refractivity contribution in [2.24, 2.45) is 0 Å². The predicted octanol–water partition coefficient (Wildman–Crippen LogP) is 3.94. The smallest absolute Gasteiger partial charge is 0.126 e. The topological polar surface area (TPSA) is 25.2 Å². The number of benzene rings is 1. The Morgan fingerprint density at radius 1 is 1.28 bits per heavy atom. The molecule has 0 spiro atoms. The van der Waals surface area contributed by atoms with Crippen molar-refractivity contribution in [2.45, 2.75) is 6.04 Å². The molecule has 3 aromatic rings. The third-order valence-electron chi connectivity index (χ3n) is 2.90. The van der Waals surface area contributed by atoms with Gasteiger partial charge in [-0.3, -0.25) is 0 Å². The molecular formula is C14H12FNOS. The first-order chi connectivity index (χ1) is 8.78. The first kappa shape index (κ1) is 11.4. The van der Waals surface area contributed by atoms with Crippen LogP contribution in [0, 0.1) is 5.82 Å². The molecule has 0 aliphatic heterocycles. The van der Waals surface area contributed by atoms with Crippen molar-refractivity contribution < 1.29 is 8.81 Å². The Morgan fingerprint density at radius 2 is 2.17 bits per heavy atom. The van der Waals surface area contributed by atoms with Gasteiger partial charge in [-0.1, -0.05) is 6.07 Å². The van der Waals surface area contributed by atoms with Gasteiger partial charge in [0.15, 0.2) is 0 Å². The van der Waals surface area contributed by atoms with Crippen molar-refractivity contribution >= 4 is 21.4 Å². The molecule has 0 saturated carbocycles. The van der Waals surface area contributed by atoms with Crippen LogP contribution in [0.4, 0.5) is 4.39 Å². The van der Waals surface area contributed by atoms with Crippen LogP contribution in [0.3, 0.4) is 0 Å². The van der Waals surface area contributed by atoms with Crippen molar-refractivity contribution in [3.63, 3.8) is 0 Å². The molecule has 92 valence electrons. The summed E-state index contributed by atoms with van der Waals surface area (Å²) in [5, 5.41) is 4.28. The van der Waals surface area contributed by atoms with E-state index in [1.807, 2.05) is 19.2 Å². The molecule has 1 N–H and O–H groups in total. The van der Waals surface area contributed by atoms with Crippen LogP contribution < -0.4 is 5.32 Å². The van der Waals surface area contributed by atoms with Crippen LogP contribution in [0.2, 0.25) is 0 Å². The number of hydrogen-bond donors (Lipinski definition) is 1. The predicted molar refractivity (Wildman–Crippen MR) is 71.4 cm³/mol. The van der Waals surface area contributed by atoms with E-state index >= 15 is 0 Å². The summed E-state index contributed by atoms with van der Waals surface area (Å²) >= 11 is 1.58. The molecule has 1 unspecified atom stereocenters. The Hall–Kier alpha value is -1.65. The zero-order valence-electron chi connectivity index (χ0n) is 9.81. The summed E-state index contributed by atoms with van der Waals surface area (Å²) in [6.07, 6.45) is 1.66. The minimum Gasteiger partial charge on any atom is -0.467 e. The fourth-order valence-corrected chi connectivity index (χ4v) is 3.26. The summed E-state index contributed by atoms with van der Waals surface area (Å²) in [6, 6.07) is 10.8. The third-order valence-corrected chi connectivity index (χ3v) is 4.06. The Balaban J connectivity index is 2.07. The summed E-state index contributed by atoms with van der Waals surface area (Å²) in [6.45, 7) is 0. The second-order valence-corrected chi connectivity index (χ2v) is 5.18. The standard InChI is InChI=1S/C14H12FNOS/c1-16-14(11-3-2-6-17-11)13-7-9-4-5-10(15)8-12(9)18-13/h2-8,14,16H,1H3. The molecule has 1 atom stereocenters. The number of furan rings is 1. The van der Waals surface area contributed by atoms with E-state index in [2.05, 4.69) is 11.4 Å². The lowest BCUT2D eigenvalue weighted by Crippen LogP contribution is -2.15. The van der Waals surface area contributed by atoms with Crippen LogP contribution in [0.5, 0.6) is 0 Å². The van der Waals surface area contributed by atoms with Gasteiger partial charge in [-0.25, -0.2) is 4.39 Å². The molecule has 2 heterocycles. The lowest BCUT2D eigenvalue weighted by Gasteiger charge is -2.10. The van der Waals surface area contributed by atoms with Gasteiger partial charge < -0.3 is 9.73 Å². The Bertz CT molecular complexity index is 660.